The van der Waals surface area contributed by atoms with Gasteiger partial charge in [0, 0.05) is 41.5 Å². The zero-order valence-electron chi connectivity index (χ0n) is 12.7. The van der Waals surface area contributed by atoms with Crippen LogP contribution in [0.1, 0.15) is 12.8 Å². The van der Waals surface area contributed by atoms with Crippen molar-refractivity contribution in [3.8, 4) is 11.3 Å². The van der Waals surface area contributed by atoms with Gasteiger partial charge in [0.1, 0.15) is 5.82 Å². The highest BCUT2D eigenvalue weighted by Gasteiger charge is 2.15. The molecule has 0 spiro atoms. The van der Waals surface area contributed by atoms with E-state index in [0.717, 1.165) is 53.9 Å². The van der Waals surface area contributed by atoms with Gasteiger partial charge in [0.2, 0.25) is 0 Å². The van der Waals surface area contributed by atoms with Crippen LogP contribution in [0.15, 0.2) is 36.5 Å². The summed E-state index contributed by atoms with van der Waals surface area (Å²) in [6, 6.07) is 10.3. The summed E-state index contributed by atoms with van der Waals surface area (Å²) < 4.78 is 5.54. The maximum absolute atomic E-state index is 6.00. The van der Waals surface area contributed by atoms with Crippen molar-refractivity contribution in [2.24, 2.45) is 0 Å². The molecule has 6 heteroatoms. The molecule has 1 aliphatic rings. The minimum Gasteiger partial charge on any atom is -0.384 e. The number of nitrogens with one attached hydrogen (secondary N) is 2. The fraction of sp³-hybridized carbons (Fsp3) is 0.294. The Hall–Kier alpha value is -2.60. The second-order valence-corrected chi connectivity index (χ2v) is 5.86. The summed E-state index contributed by atoms with van der Waals surface area (Å²) in [6.07, 6.45) is 3.93. The van der Waals surface area contributed by atoms with Gasteiger partial charge in [-0.05, 0) is 25.0 Å². The van der Waals surface area contributed by atoms with Gasteiger partial charge < -0.3 is 15.8 Å². The highest BCUT2D eigenvalue weighted by Crippen LogP contribution is 2.29. The van der Waals surface area contributed by atoms with Crippen molar-refractivity contribution >= 4 is 22.4 Å². The SMILES string of the molecule is Nc1cc(N[C@H]2CCCOC2)c2ccc(-c3ccn[nH]3)cc2n1. The summed E-state index contributed by atoms with van der Waals surface area (Å²) in [7, 11) is 0. The number of ether oxygens (including phenoxy) is 1. The normalized spacial score (nSPS) is 18.2. The first kappa shape index (κ1) is 14.0. The molecule has 1 aromatic carbocycles. The average molecular weight is 309 g/mol. The Labute approximate surface area is 134 Å². The number of anilines is 2. The molecular weight excluding hydrogens is 290 g/mol. The molecule has 0 amide bonds. The van der Waals surface area contributed by atoms with E-state index in [1.807, 2.05) is 18.2 Å². The van der Waals surface area contributed by atoms with E-state index in [-0.39, 0.29) is 0 Å². The molecule has 3 heterocycles. The van der Waals surface area contributed by atoms with Gasteiger partial charge in [0.15, 0.2) is 0 Å². The Kier molecular flexibility index (Phi) is 3.59. The molecule has 0 radical (unpaired) electrons. The number of H-pyrrole nitrogens is 1. The standard InChI is InChI=1S/C17H19N5O/c18-17-9-16(20-12-2-1-7-23-10-12)13-4-3-11(8-15(13)21-17)14-5-6-19-22-14/h3-6,8-9,12H,1-2,7,10H2,(H,19,22)(H3,18,20,21)/t12-/m0/s1. The minimum absolute atomic E-state index is 0.320. The fourth-order valence-electron chi connectivity index (χ4n) is 3.03. The lowest BCUT2D eigenvalue weighted by atomic mass is 10.1. The number of nitrogens with zero attached hydrogens (tertiary/aromatic N) is 2. The number of nitrogen functional groups attached to an aromatic ring is 1. The predicted octanol–water partition coefficient (Wildman–Crippen LogP) is 2.80. The van der Waals surface area contributed by atoms with Crippen LogP contribution in [-0.4, -0.2) is 34.4 Å². The lowest BCUT2D eigenvalue weighted by Gasteiger charge is -2.25. The summed E-state index contributed by atoms with van der Waals surface area (Å²) in [4.78, 5) is 4.47. The Morgan fingerprint density at radius 2 is 2.22 bits per heavy atom. The number of benzene rings is 1. The van der Waals surface area contributed by atoms with Crippen LogP contribution < -0.4 is 11.1 Å². The second kappa shape index (κ2) is 5.89. The number of hydrogen-bond acceptors (Lipinski definition) is 5. The van der Waals surface area contributed by atoms with Gasteiger partial charge in [0.25, 0.3) is 0 Å². The molecule has 3 aromatic rings. The fourth-order valence-corrected chi connectivity index (χ4v) is 3.03. The van der Waals surface area contributed by atoms with Crippen molar-refractivity contribution < 1.29 is 4.74 Å². The molecule has 4 N–H and O–H groups in total. The van der Waals surface area contributed by atoms with Gasteiger partial charge in [-0.25, -0.2) is 4.98 Å². The van der Waals surface area contributed by atoms with Crippen LogP contribution in [-0.2, 0) is 4.74 Å². The third-order valence-corrected chi connectivity index (χ3v) is 4.16. The van der Waals surface area contributed by atoms with E-state index < -0.39 is 0 Å². The van der Waals surface area contributed by atoms with E-state index in [4.69, 9.17) is 10.5 Å². The largest absolute Gasteiger partial charge is 0.384 e. The van der Waals surface area contributed by atoms with Crippen LogP contribution in [0.3, 0.4) is 0 Å². The van der Waals surface area contributed by atoms with Crippen molar-refractivity contribution in [1.29, 1.82) is 0 Å². The van der Waals surface area contributed by atoms with Crippen LogP contribution in [0.4, 0.5) is 11.5 Å². The molecule has 6 nitrogen and oxygen atoms in total. The van der Waals surface area contributed by atoms with Crippen LogP contribution in [0.2, 0.25) is 0 Å². The molecule has 0 saturated carbocycles. The van der Waals surface area contributed by atoms with Crippen LogP contribution >= 0.6 is 0 Å². The first-order chi connectivity index (χ1) is 11.3. The van der Waals surface area contributed by atoms with Gasteiger partial charge in [0.05, 0.1) is 17.8 Å². The minimum atomic E-state index is 0.320. The van der Waals surface area contributed by atoms with Crippen molar-refractivity contribution in [3.05, 3.63) is 36.5 Å². The van der Waals surface area contributed by atoms with Gasteiger partial charge in [-0.2, -0.15) is 5.10 Å². The van der Waals surface area contributed by atoms with Crippen LogP contribution in [0.25, 0.3) is 22.2 Å². The average Bonchev–Trinajstić information content (AvgIpc) is 3.09. The smallest absolute Gasteiger partial charge is 0.126 e. The number of rotatable bonds is 3. The third kappa shape index (κ3) is 2.85. The lowest BCUT2D eigenvalue weighted by molar-refractivity contribution is 0.0876. The van der Waals surface area contributed by atoms with Gasteiger partial charge in [-0.1, -0.05) is 12.1 Å². The maximum atomic E-state index is 6.00. The molecule has 1 fully saturated rings. The molecule has 2 aromatic heterocycles. The molecule has 118 valence electrons. The lowest BCUT2D eigenvalue weighted by Crippen LogP contribution is -2.30. The highest BCUT2D eigenvalue weighted by atomic mass is 16.5. The molecule has 0 aliphatic carbocycles. The highest BCUT2D eigenvalue weighted by molar-refractivity contribution is 5.95. The predicted molar refractivity (Wildman–Crippen MR) is 91.2 cm³/mol. The molecular formula is C17H19N5O. The molecule has 0 unspecified atom stereocenters. The van der Waals surface area contributed by atoms with Crippen molar-refractivity contribution in [2.45, 2.75) is 18.9 Å². The zero-order chi connectivity index (χ0) is 15.6. The summed E-state index contributed by atoms with van der Waals surface area (Å²) in [5.41, 5.74) is 9.89. The van der Waals surface area contributed by atoms with Crippen molar-refractivity contribution in [2.75, 3.05) is 24.3 Å². The monoisotopic (exact) mass is 309 g/mol. The molecule has 1 atom stereocenters. The third-order valence-electron chi connectivity index (χ3n) is 4.16. The van der Waals surface area contributed by atoms with Crippen LogP contribution in [0.5, 0.6) is 0 Å². The van der Waals surface area contributed by atoms with Gasteiger partial charge >= 0.3 is 0 Å². The van der Waals surface area contributed by atoms with Crippen LogP contribution in [0, 0.1) is 0 Å². The van der Waals surface area contributed by atoms with E-state index in [1.54, 1.807) is 6.20 Å². The first-order valence-corrected chi connectivity index (χ1v) is 7.84. The van der Waals surface area contributed by atoms with Gasteiger partial charge in [-0.15, -0.1) is 0 Å². The van der Waals surface area contributed by atoms with E-state index in [1.165, 1.54) is 0 Å². The summed E-state index contributed by atoms with van der Waals surface area (Å²) >= 11 is 0. The Bertz CT molecular complexity index is 809. The topological polar surface area (TPSA) is 88.9 Å². The molecule has 1 aliphatic heterocycles. The number of aromatic amines is 1. The Balaban J connectivity index is 1.72. The maximum Gasteiger partial charge on any atom is 0.126 e. The quantitative estimate of drug-likeness (QED) is 0.692. The van der Waals surface area contributed by atoms with Gasteiger partial charge in [-0.3, -0.25) is 5.10 Å². The zero-order valence-corrected chi connectivity index (χ0v) is 12.7. The van der Waals surface area contributed by atoms with Crippen molar-refractivity contribution in [3.63, 3.8) is 0 Å². The van der Waals surface area contributed by atoms with E-state index in [0.29, 0.717) is 11.9 Å². The van der Waals surface area contributed by atoms with Crippen molar-refractivity contribution in [1.82, 2.24) is 15.2 Å². The second-order valence-electron chi connectivity index (χ2n) is 5.86. The number of hydrogen-bond donors (Lipinski definition) is 3. The molecule has 23 heavy (non-hydrogen) atoms. The molecule has 1 saturated heterocycles. The summed E-state index contributed by atoms with van der Waals surface area (Å²) in [6.45, 7) is 1.58. The van der Waals surface area contributed by atoms with E-state index in [9.17, 15) is 0 Å². The molecule has 4 rings (SSSR count). The summed E-state index contributed by atoms with van der Waals surface area (Å²) in [5, 5.41) is 11.6. The number of pyridine rings is 1. The molecule has 0 bridgehead atoms. The number of nitrogens with two attached hydrogens (primary N) is 1. The summed E-state index contributed by atoms with van der Waals surface area (Å²) in [5.74, 6) is 0.512. The Morgan fingerprint density at radius 3 is 3.00 bits per heavy atom. The van der Waals surface area contributed by atoms with E-state index in [2.05, 4.69) is 32.6 Å². The first-order valence-electron chi connectivity index (χ1n) is 7.84. The number of aromatic nitrogens is 3. The number of fused-ring (bicyclic) bond motifs is 1. The Morgan fingerprint density at radius 1 is 1.26 bits per heavy atom. The van der Waals surface area contributed by atoms with E-state index >= 15 is 0 Å².